The predicted molar refractivity (Wildman–Crippen MR) is 107 cm³/mol. The molecule has 2 heteroatoms. The van der Waals surface area contributed by atoms with Crippen LogP contribution in [-0.2, 0) is 16.0 Å². The lowest BCUT2D eigenvalue weighted by Crippen LogP contribution is -2.11. The first kappa shape index (κ1) is 21.2. The Morgan fingerprint density at radius 2 is 1.80 bits per heavy atom. The van der Waals surface area contributed by atoms with Crippen LogP contribution in [0.3, 0.4) is 0 Å². The van der Waals surface area contributed by atoms with Crippen molar-refractivity contribution in [3.05, 3.63) is 59.2 Å². The van der Waals surface area contributed by atoms with Crippen LogP contribution >= 0.6 is 0 Å². The highest BCUT2D eigenvalue weighted by molar-refractivity contribution is 5.69. The van der Waals surface area contributed by atoms with Crippen molar-refractivity contribution in [3.8, 4) is 0 Å². The van der Waals surface area contributed by atoms with Crippen LogP contribution in [0.2, 0.25) is 0 Å². The summed E-state index contributed by atoms with van der Waals surface area (Å²) in [5.41, 5.74) is 4.03. The molecule has 1 aromatic carbocycles. The van der Waals surface area contributed by atoms with Crippen molar-refractivity contribution >= 4 is 5.97 Å². The van der Waals surface area contributed by atoms with Gasteiger partial charge in [0.05, 0.1) is 6.61 Å². The van der Waals surface area contributed by atoms with E-state index in [-0.39, 0.29) is 5.97 Å². The van der Waals surface area contributed by atoms with Gasteiger partial charge in [-0.1, -0.05) is 60.6 Å². The van der Waals surface area contributed by atoms with Crippen LogP contribution in [-0.4, -0.2) is 12.6 Å². The smallest absolute Gasteiger partial charge is 0.306 e. The standard InChI is InChI=1S/C23H34O2/c1-19(2)10-8-11-20(3)12-9-13-21(4)18-23(24)25-17-16-22-14-6-5-7-15-22/h5-7,10,12,14-15,21H,8-9,11,13,16-18H2,1-4H3/b20-12+/t21-/m0/s1. The molecule has 1 rings (SSSR count). The van der Waals surface area contributed by atoms with Crippen LogP contribution in [0.1, 0.15) is 65.4 Å². The van der Waals surface area contributed by atoms with Gasteiger partial charge in [0.15, 0.2) is 0 Å². The van der Waals surface area contributed by atoms with E-state index in [1.165, 1.54) is 16.7 Å². The Bertz CT molecular complexity index is 551. The second-order valence-electron chi connectivity index (χ2n) is 7.21. The minimum Gasteiger partial charge on any atom is -0.465 e. The molecule has 0 fully saturated rings. The molecule has 0 aliphatic carbocycles. The normalized spacial score (nSPS) is 12.6. The summed E-state index contributed by atoms with van der Waals surface area (Å²) >= 11 is 0. The van der Waals surface area contributed by atoms with Crippen LogP contribution < -0.4 is 0 Å². The molecule has 25 heavy (non-hydrogen) atoms. The zero-order chi connectivity index (χ0) is 18.5. The van der Waals surface area contributed by atoms with E-state index in [1.54, 1.807) is 0 Å². The van der Waals surface area contributed by atoms with Gasteiger partial charge in [-0.2, -0.15) is 0 Å². The van der Waals surface area contributed by atoms with Crippen molar-refractivity contribution in [1.29, 1.82) is 0 Å². The number of allylic oxidation sites excluding steroid dienone is 4. The third-order valence-electron chi connectivity index (χ3n) is 4.26. The molecular formula is C23H34O2. The summed E-state index contributed by atoms with van der Waals surface area (Å²) in [5, 5.41) is 0. The van der Waals surface area contributed by atoms with Gasteiger partial charge in [0, 0.05) is 12.8 Å². The molecule has 0 spiro atoms. The molecule has 1 atom stereocenters. The fourth-order valence-corrected chi connectivity index (χ4v) is 2.68. The van der Waals surface area contributed by atoms with Gasteiger partial charge in [0.1, 0.15) is 0 Å². The maximum Gasteiger partial charge on any atom is 0.306 e. The highest BCUT2D eigenvalue weighted by atomic mass is 16.5. The minimum absolute atomic E-state index is 0.0762. The number of hydrogen-bond acceptors (Lipinski definition) is 2. The average molecular weight is 343 g/mol. The molecule has 0 bridgehead atoms. The van der Waals surface area contributed by atoms with Gasteiger partial charge in [-0.3, -0.25) is 4.79 Å². The molecule has 0 unspecified atom stereocenters. The van der Waals surface area contributed by atoms with Crippen LogP contribution in [0.4, 0.5) is 0 Å². The molecule has 138 valence electrons. The topological polar surface area (TPSA) is 26.3 Å². The summed E-state index contributed by atoms with van der Waals surface area (Å²) in [6.45, 7) is 9.07. The number of benzene rings is 1. The van der Waals surface area contributed by atoms with Gasteiger partial charge in [0.25, 0.3) is 0 Å². The number of esters is 1. The molecule has 0 N–H and O–H groups in total. The largest absolute Gasteiger partial charge is 0.465 e. The fraction of sp³-hybridized carbons (Fsp3) is 0.522. The molecule has 0 amide bonds. The number of ether oxygens (including phenoxy) is 1. The summed E-state index contributed by atoms with van der Waals surface area (Å²) in [6.07, 6.45) is 10.2. The predicted octanol–water partition coefficient (Wildman–Crippen LogP) is 6.27. The Balaban J connectivity index is 2.15. The van der Waals surface area contributed by atoms with E-state index in [9.17, 15) is 4.79 Å². The molecule has 0 aromatic heterocycles. The van der Waals surface area contributed by atoms with Gasteiger partial charge in [-0.25, -0.2) is 0 Å². The second-order valence-corrected chi connectivity index (χ2v) is 7.21. The fourth-order valence-electron chi connectivity index (χ4n) is 2.68. The monoisotopic (exact) mass is 342 g/mol. The Morgan fingerprint density at radius 3 is 2.48 bits per heavy atom. The minimum atomic E-state index is -0.0762. The van der Waals surface area contributed by atoms with Crippen LogP contribution in [0.5, 0.6) is 0 Å². The van der Waals surface area contributed by atoms with E-state index in [2.05, 4.69) is 52.0 Å². The summed E-state index contributed by atoms with van der Waals surface area (Å²) in [7, 11) is 0. The van der Waals surface area contributed by atoms with E-state index < -0.39 is 0 Å². The third-order valence-corrected chi connectivity index (χ3v) is 4.26. The molecule has 1 aromatic rings. The Kier molecular flexibility index (Phi) is 10.6. The lowest BCUT2D eigenvalue weighted by Gasteiger charge is -2.10. The number of carbonyl (C=O) groups is 1. The molecule has 0 saturated heterocycles. The summed E-state index contributed by atoms with van der Waals surface area (Å²) in [5.74, 6) is 0.291. The first-order valence-corrected chi connectivity index (χ1v) is 9.46. The summed E-state index contributed by atoms with van der Waals surface area (Å²) < 4.78 is 5.36. The maximum atomic E-state index is 11.9. The Labute approximate surface area is 154 Å². The zero-order valence-corrected chi connectivity index (χ0v) is 16.4. The first-order chi connectivity index (χ1) is 12.0. The van der Waals surface area contributed by atoms with Gasteiger partial charge in [-0.15, -0.1) is 0 Å². The highest BCUT2D eigenvalue weighted by Gasteiger charge is 2.09. The molecule has 0 aliphatic rings. The molecule has 0 saturated carbocycles. The molecule has 0 radical (unpaired) electrons. The van der Waals surface area contributed by atoms with E-state index in [1.807, 2.05) is 18.2 Å². The second kappa shape index (κ2) is 12.5. The highest BCUT2D eigenvalue weighted by Crippen LogP contribution is 2.15. The van der Waals surface area contributed by atoms with Gasteiger partial charge in [0.2, 0.25) is 0 Å². The lowest BCUT2D eigenvalue weighted by molar-refractivity contribution is -0.144. The summed E-state index contributed by atoms with van der Waals surface area (Å²) in [6, 6.07) is 10.1. The Hall–Kier alpha value is -1.83. The average Bonchev–Trinajstić information content (AvgIpc) is 2.55. The first-order valence-electron chi connectivity index (χ1n) is 9.46. The number of hydrogen-bond donors (Lipinski definition) is 0. The van der Waals surface area contributed by atoms with Crippen molar-refractivity contribution in [2.75, 3.05) is 6.61 Å². The van der Waals surface area contributed by atoms with Gasteiger partial charge < -0.3 is 4.74 Å². The molecule has 2 nitrogen and oxygen atoms in total. The molecular weight excluding hydrogens is 308 g/mol. The number of rotatable bonds is 11. The van der Waals surface area contributed by atoms with Crippen LogP contribution in [0.15, 0.2) is 53.6 Å². The van der Waals surface area contributed by atoms with E-state index in [0.29, 0.717) is 18.9 Å². The van der Waals surface area contributed by atoms with Crippen LogP contribution in [0.25, 0.3) is 0 Å². The van der Waals surface area contributed by atoms with Crippen molar-refractivity contribution < 1.29 is 9.53 Å². The zero-order valence-electron chi connectivity index (χ0n) is 16.4. The third kappa shape index (κ3) is 11.4. The van der Waals surface area contributed by atoms with Gasteiger partial charge in [-0.05, 0) is 57.9 Å². The molecule has 0 aliphatic heterocycles. The van der Waals surface area contributed by atoms with Gasteiger partial charge >= 0.3 is 5.97 Å². The number of carbonyl (C=O) groups excluding carboxylic acids is 1. The van der Waals surface area contributed by atoms with E-state index in [4.69, 9.17) is 4.74 Å². The van der Waals surface area contributed by atoms with Crippen molar-refractivity contribution in [2.24, 2.45) is 5.92 Å². The van der Waals surface area contributed by atoms with Crippen molar-refractivity contribution in [3.63, 3.8) is 0 Å². The van der Waals surface area contributed by atoms with Crippen LogP contribution in [0, 0.1) is 5.92 Å². The quantitative estimate of drug-likeness (QED) is 0.350. The SMILES string of the molecule is CC(C)=CCC/C(C)=C/CC[C@H](C)CC(=O)OCCc1ccccc1. The van der Waals surface area contributed by atoms with E-state index in [0.717, 1.165) is 32.1 Å². The van der Waals surface area contributed by atoms with Crippen molar-refractivity contribution in [2.45, 2.75) is 66.2 Å². The Morgan fingerprint density at radius 1 is 1.08 bits per heavy atom. The van der Waals surface area contributed by atoms with E-state index >= 15 is 0 Å². The summed E-state index contributed by atoms with van der Waals surface area (Å²) in [4.78, 5) is 11.9. The lowest BCUT2D eigenvalue weighted by atomic mass is 10.00. The van der Waals surface area contributed by atoms with Crippen molar-refractivity contribution in [1.82, 2.24) is 0 Å². The maximum absolute atomic E-state index is 11.9. The molecule has 0 heterocycles.